The van der Waals surface area contributed by atoms with Gasteiger partial charge in [-0.25, -0.2) is 22.3 Å². The number of nitrogens with two attached hydrogens (primary N) is 1. The molecule has 9 nitrogen and oxygen atoms in total. The lowest BCUT2D eigenvalue weighted by Crippen LogP contribution is -2.33. The SMILES string of the molecule is NC1CCC(Nc2cc(Nc3ccc(S(=O)(=O)N4CCCC4)cc3)c3ncc(-c4ccc(F)cc4)n3n2)CC1. The second kappa shape index (κ2) is 10.6. The number of halogens is 1. The second-order valence-corrected chi connectivity index (χ2v) is 12.3. The molecule has 2 aromatic carbocycles. The van der Waals surface area contributed by atoms with Crippen LogP contribution in [0.25, 0.3) is 16.9 Å². The Labute approximate surface area is 227 Å². The summed E-state index contributed by atoms with van der Waals surface area (Å²) in [4.78, 5) is 4.90. The number of fused-ring (bicyclic) bond motifs is 1. The number of rotatable bonds is 7. The first-order chi connectivity index (χ1) is 18.9. The summed E-state index contributed by atoms with van der Waals surface area (Å²) in [5, 5.41) is 11.8. The van der Waals surface area contributed by atoms with Crippen LogP contribution >= 0.6 is 0 Å². The Hall–Kier alpha value is -3.54. The standard InChI is InChI=1S/C28H32FN7O2S/c29-20-5-3-19(4-6-20)26-18-31-28-25(17-27(34-36(26)28)33-23-9-7-21(30)8-10-23)32-22-11-13-24(14-12-22)39(37,38)35-15-1-2-16-35/h3-6,11-14,17-18,21,23,32H,1-2,7-10,15-16,30H2,(H,33,34). The summed E-state index contributed by atoms with van der Waals surface area (Å²) in [7, 11) is -3.49. The van der Waals surface area contributed by atoms with Gasteiger partial charge in [0, 0.05) is 42.5 Å². The normalized spacial score (nSPS) is 20.4. The fourth-order valence-electron chi connectivity index (χ4n) is 5.36. The third kappa shape index (κ3) is 5.34. The predicted octanol–water partition coefficient (Wildman–Crippen LogP) is 4.75. The molecule has 204 valence electrons. The Balaban J connectivity index is 1.33. The van der Waals surface area contributed by atoms with Crippen LogP contribution in [0, 0.1) is 5.82 Å². The van der Waals surface area contributed by atoms with Crippen LogP contribution in [0.3, 0.4) is 0 Å². The largest absolute Gasteiger partial charge is 0.366 e. The minimum atomic E-state index is -3.49. The number of sulfonamides is 1. The number of benzene rings is 2. The van der Waals surface area contributed by atoms with E-state index in [4.69, 9.17) is 10.8 Å². The van der Waals surface area contributed by atoms with E-state index in [-0.39, 0.29) is 22.8 Å². The molecule has 1 saturated carbocycles. The molecule has 2 fully saturated rings. The zero-order valence-corrected chi connectivity index (χ0v) is 22.4. The Morgan fingerprint density at radius 3 is 2.33 bits per heavy atom. The van der Waals surface area contributed by atoms with Crippen molar-refractivity contribution >= 4 is 32.9 Å². The van der Waals surface area contributed by atoms with Crippen LogP contribution in [-0.2, 0) is 10.0 Å². The molecule has 2 aliphatic rings. The number of aromatic nitrogens is 3. The van der Waals surface area contributed by atoms with Gasteiger partial charge in [0.2, 0.25) is 10.0 Å². The maximum atomic E-state index is 13.6. The smallest absolute Gasteiger partial charge is 0.243 e. The minimum absolute atomic E-state index is 0.242. The van der Waals surface area contributed by atoms with Gasteiger partial charge in [0.05, 0.1) is 22.5 Å². The highest BCUT2D eigenvalue weighted by molar-refractivity contribution is 7.89. The highest BCUT2D eigenvalue weighted by Gasteiger charge is 2.27. The fraction of sp³-hybridized carbons (Fsp3) is 0.357. The Bertz CT molecular complexity index is 1560. The van der Waals surface area contributed by atoms with Gasteiger partial charge in [-0.3, -0.25) is 0 Å². The quantitative estimate of drug-likeness (QED) is 0.305. The monoisotopic (exact) mass is 549 g/mol. The predicted molar refractivity (Wildman–Crippen MR) is 150 cm³/mol. The molecular formula is C28H32FN7O2S. The highest BCUT2D eigenvalue weighted by atomic mass is 32.2. The van der Waals surface area contributed by atoms with Crippen LogP contribution in [0.5, 0.6) is 0 Å². The topological polar surface area (TPSA) is 118 Å². The van der Waals surface area contributed by atoms with Crippen molar-refractivity contribution in [1.82, 2.24) is 18.9 Å². The van der Waals surface area contributed by atoms with Crippen molar-refractivity contribution in [3.63, 3.8) is 0 Å². The summed E-state index contributed by atoms with van der Waals surface area (Å²) in [5.41, 5.74) is 9.65. The van der Waals surface area contributed by atoms with Gasteiger partial charge in [-0.1, -0.05) is 0 Å². The molecule has 2 aromatic heterocycles. The van der Waals surface area contributed by atoms with Crippen molar-refractivity contribution in [2.24, 2.45) is 5.73 Å². The van der Waals surface area contributed by atoms with Crippen LogP contribution in [0.2, 0.25) is 0 Å². The molecule has 6 rings (SSSR count). The van der Waals surface area contributed by atoms with E-state index in [0.29, 0.717) is 30.2 Å². The van der Waals surface area contributed by atoms with E-state index < -0.39 is 10.0 Å². The molecule has 4 aromatic rings. The average Bonchev–Trinajstić information content (AvgIpc) is 3.62. The molecule has 11 heteroatoms. The van der Waals surface area contributed by atoms with Crippen molar-refractivity contribution < 1.29 is 12.8 Å². The van der Waals surface area contributed by atoms with Crippen LogP contribution in [0.15, 0.2) is 65.7 Å². The lowest BCUT2D eigenvalue weighted by Gasteiger charge is -2.27. The van der Waals surface area contributed by atoms with Gasteiger partial charge >= 0.3 is 0 Å². The number of anilines is 3. The molecule has 0 atom stereocenters. The summed E-state index contributed by atoms with van der Waals surface area (Å²) in [6.07, 6.45) is 7.36. The Morgan fingerprint density at radius 2 is 1.64 bits per heavy atom. The van der Waals surface area contributed by atoms with Gasteiger partial charge < -0.3 is 16.4 Å². The number of nitrogens with one attached hydrogen (secondary N) is 2. The Morgan fingerprint density at radius 1 is 0.949 bits per heavy atom. The minimum Gasteiger partial charge on any atom is -0.366 e. The zero-order valence-electron chi connectivity index (χ0n) is 21.6. The summed E-state index contributed by atoms with van der Waals surface area (Å²) in [6.45, 7) is 1.13. The molecule has 0 spiro atoms. The zero-order chi connectivity index (χ0) is 27.0. The summed E-state index contributed by atoms with van der Waals surface area (Å²) in [5.74, 6) is 0.371. The lowest BCUT2D eigenvalue weighted by atomic mass is 9.92. The van der Waals surface area contributed by atoms with E-state index >= 15 is 0 Å². The number of hydrogen-bond donors (Lipinski definition) is 3. The van der Waals surface area contributed by atoms with Crippen LogP contribution < -0.4 is 16.4 Å². The third-order valence-corrected chi connectivity index (χ3v) is 9.48. The van der Waals surface area contributed by atoms with E-state index in [1.807, 2.05) is 6.07 Å². The molecule has 0 amide bonds. The summed E-state index contributed by atoms with van der Waals surface area (Å²) in [6, 6.07) is 15.5. The van der Waals surface area contributed by atoms with Gasteiger partial charge in [-0.2, -0.15) is 4.31 Å². The van der Waals surface area contributed by atoms with Crippen LogP contribution in [0.1, 0.15) is 38.5 Å². The second-order valence-electron chi connectivity index (χ2n) is 10.3. The number of hydrogen-bond acceptors (Lipinski definition) is 7. The Kier molecular flexibility index (Phi) is 6.96. The summed E-state index contributed by atoms with van der Waals surface area (Å²) >= 11 is 0. The lowest BCUT2D eigenvalue weighted by molar-refractivity contribution is 0.410. The van der Waals surface area contributed by atoms with E-state index in [2.05, 4.69) is 15.6 Å². The fourth-order valence-corrected chi connectivity index (χ4v) is 6.88. The van der Waals surface area contributed by atoms with Crippen LogP contribution in [0.4, 0.5) is 21.6 Å². The van der Waals surface area contributed by atoms with Crippen LogP contribution in [-0.4, -0.2) is 52.5 Å². The maximum Gasteiger partial charge on any atom is 0.243 e. The first-order valence-electron chi connectivity index (χ1n) is 13.4. The summed E-state index contributed by atoms with van der Waals surface area (Å²) < 4.78 is 42.7. The molecule has 3 heterocycles. The van der Waals surface area contributed by atoms with Gasteiger partial charge in [-0.15, -0.1) is 5.10 Å². The molecule has 0 radical (unpaired) electrons. The molecule has 1 aliphatic heterocycles. The van der Waals surface area contributed by atoms with E-state index in [1.165, 1.54) is 12.1 Å². The van der Waals surface area contributed by atoms with Gasteiger partial charge in [-0.05, 0) is 87.1 Å². The first kappa shape index (κ1) is 25.7. The van der Waals surface area contributed by atoms with Crippen molar-refractivity contribution in [3.8, 4) is 11.3 Å². The molecule has 39 heavy (non-hydrogen) atoms. The van der Waals surface area contributed by atoms with Crippen molar-refractivity contribution in [2.75, 3.05) is 23.7 Å². The third-order valence-electron chi connectivity index (χ3n) is 7.57. The highest BCUT2D eigenvalue weighted by Crippen LogP contribution is 2.30. The average molecular weight is 550 g/mol. The molecule has 0 unspecified atom stereocenters. The first-order valence-corrected chi connectivity index (χ1v) is 14.8. The number of imidazole rings is 1. The molecule has 1 aliphatic carbocycles. The van der Waals surface area contributed by atoms with Gasteiger partial charge in [0.25, 0.3) is 0 Å². The van der Waals surface area contributed by atoms with Gasteiger partial charge in [0.15, 0.2) is 5.65 Å². The maximum absolute atomic E-state index is 13.6. The van der Waals surface area contributed by atoms with Gasteiger partial charge in [0.1, 0.15) is 11.6 Å². The molecule has 4 N–H and O–H groups in total. The van der Waals surface area contributed by atoms with Crippen molar-refractivity contribution in [2.45, 2.75) is 55.5 Å². The number of nitrogens with zero attached hydrogens (tertiary/aromatic N) is 4. The van der Waals surface area contributed by atoms with Crippen molar-refractivity contribution in [1.29, 1.82) is 0 Å². The molecule has 0 bridgehead atoms. The van der Waals surface area contributed by atoms with E-state index in [0.717, 1.165) is 55.5 Å². The molecular weight excluding hydrogens is 517 g/mol. The van der Waals surface area contributed by atoms with E-state index in [9.17, 15) is 12.8 Å². The van der Waals surface area contributed by atoms with Crippen molar-refractivity contribution in [3.05, 3.63) is 66.6 Å². The molecule has 1 saturated heterocycles. The van der Waals surface area contributed by atoms with E-state index in [1.54, 1.807) is 51.4 Å².